The Morgan fingerprint density at radius 2 is 1.90 bits per heavy atom. The van der Waals surface area contributed by atoms with Crippen LogP contribution in [0.1, 0.15) is 85.5 Å². The van der Waals surface area contributed by atoms with Crippen molar-refractivity contribution in [1.29, 1.82) is 0 Å². The molecule has 0 radical (unpaired) electrons. The van der Waals surface area contributed by atoms with Crippen LogP contribution in [0.25, 0.3) is 0 Å². The Kier molecular flexibility index (Phi) is 6.55. The maximum Gasteiger partial charge on any atom is 0.0257 e. The van der Waals surface area contributed by atoms with Gasteiger partial charge in [0.1, 0.15) is 0 Å². The summed E-state index contributed by atoms with van der Waals surface area (Å²) < 4.78 is 0. The van der Waals surface area contributed by atoms with E-state index in [4.69, 9.17) is 0 Å². The summed E-state index contributed by atoms with van der Waals surface area (Å²) in [5.41, 5.74) is 0.527. The molecule has 2 nitrogen and oxygen atoms in total. The zero-order valence-electron chi connectivity index (χ0n) is 15.0. The normalized spacial score (nSPS) is 34.6. The maximum atomic E-state index is 3.88. The van der Waals surface area contributed by atoms with Crippen molar-refractivity contribution in [3.8, 4) is 0 Å². The largest absolute Gasteiger partial charge is 0.312 e. The summed E-state index contributed by atoms with van der Waals surface area (Å²) in [7, 11) is 0. The van der Waals surface area contributed by atoms with E-state index in [0.29, 0.717) is 5.41 Å². The number of rotatable bonds is 5. The summed E-state index contributed by atoms with van der Waals surface area (Å²) in [4.78, 5) is 2.92. The second kappa shape index (κ2) is 7.97. The number of likely N-dealkylation sites (tertiary alicyclic amines) is 1. The van der Waals surface area contributed by atoms with Gasteiger partial charge in [0.05, 0.1) is 0 Å². The zero-order chi connectivity index (χ0) is 15.3. The lowest BCUT2D eigenvalue weighted by Gasteiger charge is -2.48. The van der Waals surface area contributed by atoms with E-state index in [1.54, 1.807) is 0 Å². The van der Waals surface area contributed by atoms with Crippen LogP contribution in [0.15, 0.2) is 0 Å². The summed E-state index contributed by atoms with van der Waals surface area (Å²) in [5, 5.41) is 3.88. The molecule has 3 unspecified atom stereocenters. The van der Waals surface area contributed by atoms with E-state index in [2.05, 4.69) is 37.9 Å². The van der Waals surface area contributed by atoms with Crippen molar-refractivity contribution in [1.82, 2.24) is 10.2 Å². The molecule has 3 atom stereocenters. The summed E-state index contributed by atoms with van der Waals surface area (Å²) in [6.45, 7) is 12.2. The molecule has 2 aliphatic rings. The quantitative estimate of drug-likeness (QED) is 0.798. The van der Waals surface area contributed by atoms with Gasteiger partial charge in [0.2, 0.25) is 0 Å². The minimum atomic E-state index is 0.527. The van der Waals surface area contributed by atoms with Gasteiger partial charge in [-0.3, -0.25) is 4.90 Å². The summed E-state index contributed by atoms with van der Waals surface area (Å²) in [6, 6.07) is 2.32. The molecule has 0 aromatic heterocycles. The highest BCUT2D eigenvalue weighted by Crippen LogP contribution is 2.39. The molecule has 0 spiro atoms. The Balaban J connectivity index is 2.11. The Hall–Kier alpha value is -0.0800. The summed E-state index contributed by atoms with van der Waals surface area (Å²) in [6.07, 6.45) is 12.4. The molecule has 124 valence electrons. The molecule has 2 rings (SSSR count). The van der Waals surface area contributed by atoms with Crippen LogP contribution in [-0.2, 0) is 0 Å². The van der Waals surface area contributed by atoms with Gasteiger partial charge in [-0.05, 0) is 63.5 Å². The third-order valence-corrected chi connectivity index (χ3v) is 5.83. The van der Waals surface area contributed by atoms with Crippen molar-refractivity contribution in [2.75, 3.05) is 13.1 Å². The second-order valence-electron chi connectivity index (χ2n) is 8.18. The molecule has 1 N–H and O–H groups in total. The van der Waals surface area contributed by atoms with E-state index in [-0.39, 0.29) is 0 Å². The topological polar surface area (TPSA) is 15.3 Å². The van der Waals surface area contributed by atoms with E-state index in [1.165, 1.54) is 70.9 Å². The monoisotopic (exact) mass is 294 g/mol. The first kappa shape index (κ1) is 17.3. The highest BCUT2D eigenvalue weighted by molar-refractivity contribution is 4.96. The van der Waals surface area contributed by atoms with Gasteiger partial charge in [0.15, 0.2) is 0 Å². The fraction of sp³-hybridized carbons (Fsp3) is 1.00. The minimum absolute atomic E-state index is 0.527. The average Bonchev–Trinajstić information content (AvgIpc) is 2.70. The Morgan fingerprint density at radius 1 is 1.10 bits per heavy atom. The van der Waals surface area contributed by atoms with E-state index in [1.807, 2.05) is 0 Å². The molecule has 1 saturated carbocycles. The highest BCUT2D eigenvalue weighted by Gasteiger charge is 2.39. The number of hydrogen-bond acceptors (Lipinski definition) is 2. The number of hydrogen-bond donors (Lipinski definition) is 1. The zero-order valence-corrected chi connectivity index (χ0v) is 15.0. The van der Waals surface area contributed by atoms with Crippen molar-refractivity contribution < 1.29 is 0 Å². The van der Waals surface area contributed by atoms with Crippen LogP contribution in [0.2, 0.25) is 0 Å². The fourth-order valence-corrected chi connectivity index (χ4v) is 4.54. The van der Waals surface area contributed by atoms with Crippen LogP contribution < -0.4 is 5.32 Å². The molecular formula is C19H38N2. The highest BCUT2D eigenvalue weighted by atomic mass is 15.2. The molecule has 0 aromatic rings. The van der Waals surface area contributed by atoms with E-state index >= 15 is 0 Å². The van der Waals surface area contributed by atoms with Gasteiger partial charge in [-0.1, -0.05) is 40.5 Å². The van der Waals surface area contributed by atoms with E-state index < -0.39 is 0 Å². The Labute approximate surface area is 133 Å². The second-order valence-corrected chi connectivity index (χ2v) is 8.18. The van der Waals surface area contributed by atoms with Crippen LogP contribution in [0.5, 0.6) is 0 Å². The molecule has 0 amide bonds. The first-order valence-electron chi connectivity index (χ1n) is 9.56. The molecule has 0 bridgehead atoms. The van der Waals surface area contributed by atoms with Crippen molar-refractivity contribution in [3.05, 3.63) is 0 Å². The number of nitrogens with zero attached hydrogens (tertiary/aromatic N) is 1. The smallest absolute Gasteiger partial charge is 0.0257 e. The van der Waals surface area contributed by atoms with Crippen molar-refractivity contribution in [2.24, 2.45) is 5.41 Å². The molecule has 2 fully saturated rings. The van der Waals surface area contributed by atoms with Gasteiger partial charge >= 0.3 is 0 Å². The van der Waals surface area contributed by atoms with E-state index in [0.717, 1.165) is 18.1 Å². The average molecular weight is 295 g/mol. The van der Waals surface area contributed by atoms with Gasteiger partial charge in [-0.25, -0.2) is 0 Å². The van der Waals surface area contributed by atoms with Gasteiger partial charge < -0.3 is 5.32 Å². The van der Waals surface area contributed by atoms with Gasteiger partial charge in [-0.2, -0.15) is 0 Å². The van der Waals surface area contributed by atoms with Crippen LogP contribution in [-0.4, -0.2) is 36.1 Å². The molecule has 21 heavy (non-hydrogen) atoms. The third-order valence-electron chi connectivity index (χ3n) is 5.83. The lowest BCUT2D eigenvalue weighted by atomic mass is 9.72. The van der Waals surface area contributed by atoms with Crippen molar-refractivity contribution in [3.63, 3.8) is 0 Å². The lowest BCUT2D eigenvalue weighted by Crippen LogP contribution is -2.57. The molecular weight excluding hydrogens is 256 g/mol. The molecule has 1 heterocycles. The van der Waals surface area contributed by atoms with Crippen LogP contribution in [0, 0.1) is 5.41 Å². The predicted octanol–water partition coefficient (Wildman–Crippen LogP) is 4.59. The summed E-state index contributed by atoms with van der Waals surface area (Å²) >= 11 is 0. The first-order chi connectivity index (χ1) is 10.1. The van der Waals surface area contributed by atoms with Crippen molar-refractivity contribution >= 4 is 0 Å². The van der Waals surface area contributed by atoms with Gasteiger partial charge in [-0.15, -0.1) is 0 Å². The molecule has 1 aliphatic heterocycles. The Bertz CT molecular complexity index is 300. The molecule has 0 aromatic carbocycles. The van der Waals surface area contributed by atoms with Crippen molar-refractivity contribution in [2.45, 2.75) is 104 Å². The van der Waals surface area contributed by atoms with Crippen LogP contribution in [0.4, 0.5) is 0 Å². The Morgan fingerprint density at radius 3 is 2.62 bits per heavy atom. The summed E-state index contributed by atoms with van der Waals surface area (Å²) in [5.74, 6) is 0. The molecule has 2 heteroatoms. The lowest BCUT2D eigenvalue weighted by molar-refractivity contribution is 0.0358. The van der Waals surface area contributed by atoms with Gasteiger partial charge in [0, 0.05) is 18.1 Å². The third kappa shape index (κ3) is 4.69. The fourth-order valence-electron chi connectivity index (χ4n) is 4.54. The maximum absolute atomic E-state index is 3.88. The van der Waals surface area contributed by atoms with E-state index in [9.17, 15) is 0 Å². The minimum Gasteiger partial charge on any atom is -0.312 e. The number of nitrogens with one attached hydrogen (secondary N) is 1. The predicted molar refractivity (Wildman–Crippen MR) is 92.8 cm³/mol. The molecule has 1 aliphatic carbocycles. The molecule has 1 saturated heterocycles. The SMILES string of the molecule is CCCNC1CCC(C)(C)CC1N1CCCCCC1CC. The van der Waals surface area contributed by atoms with Gasteiger partial charge in [0.25, 0.3) is 0 Å². The van der Waals surface area contributed by atoms with Crippen LogP contribution >= 0.6 is 0 Å². The first-order valence-corrected chi connectivity index (χ1v) is 9.56. The van der Waals surface area contributed by atoms with Crippen LogP contribution in [0.3, 0.4) is 0 Å². The standard InChI is InChI=1S/C19H38N2/c1-5-13-20-17-11-12-19(3,4)15-18(17)21-14-9-7-8-10-16(21)6-2/h16-18,20H,5-15H2,1-4H3.